The second-order valence-corrected chi connectivity index (χ2v) is 6.13. The highest BCUT2D eigenvalue weighted by atomic mass is 35.5. The molecule has 0 unspecified atom stereocenters. The van der Waals surface area contributed by atoms with Gasteiger partial charge in [-0.3, -0.25) is 0 Å². The van der Waals surface area contributed by atoms with Crippen LogP contribution < -0.4 is 10.6 Å². The monoisotopic (exact) mass is 291 g/mol. The van der Waals surface area contributed by atoms with Gasteiger partial charge in [-0.05, 0) is 44.7 Å². The Bertz CT molecular complexity index is 628. The van der Waals surface area contributed by atoms with Gasteiger partial charge in [-0.25, -0.2) is 4.98 Å². The van der Waals surface area contributed by atoms with Gasteiger partial charge < -0.3 is 10.6 Å². The normalized spacial score (nSPS) is 20.4. The van der Waals surface area contributed by atoms with Crippen LogP contribution in [0, 0.1) is 0 Å². The van der Waals surface area contributed by atoms with Crippen molar-refractivity contribution in [1.82, 2.24) is 19.9 Å². The molecule has 0 spiro atoms. The molecule has 20 heavy (non-hydrogen) atoms. The molecule has 1 saturated heterocycles. The molecule has 2 aromatic heterocycles. The molecule has 0 radical (unpaired) electrons. The summed E-state index contributed by atoms with van der Waals surface area (Å²) in [4.78, 5) is 4.46. The average molecular weight is 292 g/mol. The smallest absolute Gasteiger partial charge is 0.162 e. The molecule has 3 heterocycles. The molecule has 5 nitrogen and oxygen atoms in total. The van der Waals surface area contributed by atoms with Crippen molar-refractivity contribution in [2.24, 2.45) is 0 Å². The second kappa shape index (κ2) is 4.90. The molecule has 2 fully saturated rings. The van der Waals surface area contributed by atoms with E-state index in [1.165, 1.54) is 18.4 Å². The van der Waals surface area contributed by atoms with Crippen molar-refractivity contribution in [2.75, 3.05) is 18.4 Å². The maximum atomic E-state index is 6.19. The van der Waals surface area contributed by atoms with Gasteiger partial charge in [0, 0.05) is 17.7 Å². The summed E-state index contributed by atoms with van der Waals surface area (Å²) in [5.74, 6) is 1.59. The first kappa shape index (κ1) is 12.4. The van der Waals surface area contributed by atoms with Gasteiger partial charge in [0.2, 0.25) is 0 Å². The first-order valence-electron chi connectivity index (χ1n) is 7.33. The van der Waals surface area contributed by atoms with Gasteiger partial charge in [-0.2, -0.15) is 9.61 Å². The Labute approximate surface area is 122 Å². The first-order chi connectivity index (χ1) is 9.81. The lowest BCUT2D eigenvalue weighted by Gasteiger charge is -2.24. The summed E-state index contributed by atoms with van der Waals surface area (Å²) >= 11 is 6.19. The molecule has 0 atom stereocenters. The maximum Gasteiger partial charge on any atom is 0.162 e. The lowest BCUT2D eigenvalue weighted by Crippen LogP contribution is -2.35. The standard InChI is InChI=1S/C14H18ClN5/c15-12-7-13(18-10-3-5-16-6-4-10)20-14(19-12)11(8-17-20)9-1-2-9/h7-10,16,18H,1-6H2. The summed E-state index contributed by atoms with van der Waals surface area (Å²) in [7, 11) is 0. The van der Waals surface area contributed by atoms with Crippen molar-refractivity contribution in [1.29, 1.82) is 0 Å². The predicted octanol–water partition coefficient (Wildman–Crippen LogP) is 2.42. The molecule has 0 aromatic carbocycles. The average Bonchev–Trinajstić information content (AvgIpc) is 3.20. The van der Waals surface area contributed by atoms with Crippen LogP contribution in [-0.4, -0.2) is 33.7 Å². The van der Waals surface area contributed by atoms with E-state index >= 15 is 0 Å². The van der Waals surface area contributed by atoms with Gasteiger partial charge in [0.25, 0.3) is 0 Å². The lowest BCUT2D eigenvalue weighted by atomic mass is 10.1. The zero-order valence-electron chi connectivity index (χ0n) is 11.3. The Balaban J connectivity index is 1.70. The highest BCUT2D eigenvalue weighted by Gasteiger charge is 2.28. The topological polar surface area (TPSA) is 54.2 Å². The van der Waals surface area contributed by atoms with Crippen LogP contribution in [0.15, 0.2) is 12.3 Å². The van der Waals surface area contributed by atoms with Crippen molar-refractivity contribution < 1.29 is 0 Å². The minimum atomic E-state index is 0.478. The van der Waals surface area contributed by atoms with Crippen molar-refractivity contribution in [2.45, 2.75) is 37.6 Å². The van der Waals surface area contributed by atoms with Crippen LogP contribution in [0.25, 0.3) is 5.65 Å². The van der Waals surface area contributed by atoms with Crippen LogP contribution in [0.3, 0.4) is 0 Å². The van der Waals surface area contributed by atoms with E-state index in [0.29, 0.717) is 17.1 Å². The molecule has 106 valence electrons. The quantitative estimate of drug-likeness (QED) is 0.853. The molecular formula is C14H18ClN5. The molecule has 2 N–H and O–H groups in total. The number of hydrogen-bond donors (Lipinski definition) is 2. The number of anilines is 1. The molecule has 4 rings (SSSR count). The van der Waals surface area contributed by atoms with Crippen molar-refractivity contribution in [3.63, 3.8) is 0 Å². The van der Waals surface area contributed by atoms with Gasteiger partial charge in [-0.15, -0.1) is 0 Å². The fraction of sp³-hybridized carbons (Fsp3) is 0.571. The molecule has 6 heteroatoms. The summed E-state index contributed by atoms with van der Waals surface area (Å²) in [6, 6.07) is 2.35. The molecule has 2 aromatic rings. The van der Waals surface area contributed by atoms with E-state index in [1.54, 1.807) is 0 Å². The fourth-order valence-electron chi connectivity index (χ4n) is 2.91. The van der Waals surface area contributed by atoms with Gasteiger partial charge in [0.05, 0.1) is 6.20 Å². The van der Waals surface area contributed by atoms with Crippen LogP contribution >= 0.6 is 11.6 Å². The van der Waals surface area contributed by atoms with Gasteiger partial charge in [0.15, 0.2) is 5.65 Å². The van der Waals surface area contributed by atoms with Gasteiger partial charge in [0.1, 0.15) is 11.0 Å². The van der Waals surface area contributed by atoms with E-state index in [9.17, 15) is 0 Å². The van der Waals surface area contributed by atoms with Crippen molar-refractivity contribution >= 4 is 23.1 Å². The number of hydrogen-bond acceptors (Lipinski definition) is 4. The van der Waals surface area contributed by atoms with E-state index in [4.69, 9.17) is 11.6 Å². The number of piperidine rings is 1. The largest absolute Gasteiger partial charge is 0.367 e. The Morgan fingerprint density at radius 3 is 2.80 bits per heavy atom. The van der Waals surface area contributed by atoms with E-state index < -0.39 is 0 Å². The lowest BCUT2D eigenvalue weighted by molar-refractivity contribution is 0.477. The zero-order chi connectivity index (χ0) is 13.5. The summed E-state index contributed by atoms with van der Waals surface area (Å²) in [5.41, 5.74) is 2.15. The third-order valence-corrected chi connectivity index (χ3v) is 4.37. The van der Waals surface area contributed by atoms with Crippen LogP contribution in [-0.2, 0) is 0 Å². The first-order valence-corrected chi connectivity index (χ1v) is 7.70. The van der Waals surface area contributed by atoms with Gasteiger partial charge >= 0.3 is 0 Å². The Morgan fingerprint density at radius 1 is 1.25 bits per heavy atom. The molecule has 0 bridgehead atoms. The minimum Gasteiger partial charge on any atom is -0.367 e. The molecule has 2 aliphatic rings. The summed E-state index contributed by atoms with van der Waals surface area (Å²) in [5, 5.41) is 12.0. The minimum absolute atomic E-state index is 0.478. The third-order valence-electron chi connectivity index (χ3n) is 4.18. The number of fused-ring (bicyclic) bond motifs is 1. The van der Waals surface area contributed by atoms with Crippen LogP contribution in [0.4, 0.5) is 5.82 Å². The van der Waals surface area contributed by atoms with E-state index in [-0.39, 0.29) is 0 Å². The summed E-state index contributed by atoms with van der Waals surface area (Å²) in [6.45, 7) is 2.12. The van der Waals surface area contributed by atoms with Crippen molar-refractivity contribution in [3.8, 4) is 0 Å². The Morgan fingerprint density at radius 2 is 2.05 bits per heavy atom. The third kappa shape index (κ3) is 2.25. The van der Waals surface area contributed by atoms with E-state index in [1.807, 2.05) is 16.8 Å². The number of nitrogens with zero attached hydrogens (tertiary/aromatic N) is 3. The molecule has 1 aliphatic carbocycles. The summed E-state index contributed by atoms with van der Waals surface area (Å²) < 4.78 is 1.90. The SMILES string of the molecule is Clc1cc(NC2CCNCC2)n2ncc(C3CC3)c2n1. The van der Waals surface area contributed by atoms with Crippen LogP contribution in [0.2, 0.25) is 5.15 Å². The Kier molecular flexibility index (Phi) is 3.04. The molecule has 0 amide bonds. The van der Waals surface area contributed by atoms with Crippen molar-refractivity contribution in [3.05, 3.63) is 23.0 Å². The molecule has 1 saturated carbocycles. The van der Waals surface area contributed by atoms with Gasteiger partial charge in [-0.1, -0.05) is 11.6 Å². The van der Waals surface area contributed by atoms with E-state index in [0.717, 1.165) is 37.4 Å². The number of halogens is 1. The summed E-state index contributed by atoms with van der Waals surface area (Å²) in [6.07, 6.45) is 6.68. The molecule has 1 aliphatic heterocycles. The highest BCUT2D eigenvalue weighted by Crippen LogP contribution is 2.42. The second-order valence-electron chi connectivity index (χ2n) is 5.74. The number of rotatable bonds is 3. The van der Waals surface area contributed by atoms with Crippen LogP contribution in [0.5, 0.6) is 0 Å². The highest BCUT2D eigenvalue weighted by molar-refractivity contribution is 6.29. The van der Waals surface area contributed by atoms with Crippen LogP contribution in [0.1, 0.15) is 37.2 Å². The maximum absolute atomic E-state index is 6.19. The Hall–Kier alpha value is -1.33. The molecular weight excluding hydrogens is 274 g/mol. The number of nitrogens with one attached hydrogen (secondary N) is 2. The fourth-order valence-corrected chi connectivity index (χ4v) is 3.09. The van der Waals surface area contributed by atoms with E-state index in [2.05, 4.69) is 20.7 Å². The predicted molar refractivity (Wildman–Crippen MR) is 79.5 cm³/mol. The number of aromatic nitrogens is 3. The zero-order valence-corrected chi connectivity index (χ0v) is 12.0.